The van der Waals surface area contributed by atoms with Crippen LogP contribution in [0.15, 0.2) is 12.1 Å². The third-order valence-electron chi connectivity index (χ3n) is 3.75. The lowest BCUT2D eigenvalue weighted by Crippen LogP contribution is -2.38. The van der Waals surface area contributed by atoms with E-state index in [1.165, 1.54) is 0 Å². The maximum absolute atomic E-state index is 12.3. The number of nitrogens with zero attached hydrogens (tertiary/aromatic N) is 1. The molecule has 0 aromatic carbocycles. The summed E-state index contributed by atoms with van der Waals surface area (Å²) >= 11 is 0. The quantitative estimate of drug-likeness (QED) is 0.786. The van der Waals surface area contributed by atoms with Gasteiger partial charge in [0, 0.05) is 17.3 Å². The predicted molar refractivity (Wildman–Crippen MR) is 78.5 cm³/mol. The second-order valence-electron chi connectivity index (χ2n) is 5.84. The Morgan fingerprint density at radius 2 is 2.00 bits per heavy atom. The first-order chi connectivity index (χ1) is 9.45. The summed E-state index contributed by atoms with van der Waals surface area (Å²) in [7, 11) is 0. The number of rotatable bonds is 3. The van der Waals surface area contributed by atoms with Gasteiger partial charge in [-0.2, -0.15) is 0 Å². The molecule has 5 nitrogen and oxygen atoms in total. The maximum atomic E-state index is 12.3. The average molecular weight is 277 g/mol. The van der Waals surface area contributed by atoms with Crippen LogP contribution in [0.1, 0.15) is 61.5 Å². The fourth-order valence-electron chi connectivity index (χ4n) is 2.49. The lowest BCUT2D eigenvalue weighted by Gasteiger charge is -2.26. The first-order valence-corrected chi connectivity index (χ1v) is 7.22. The van der Waals surface area contributed by atoms with Gasteiger partial charge in [0.25, 0.3) is 5.91 Å². The highest BCUT2D eigenvalue weighted by Crippen LogP contribution is 2.20. The van der Waals surface area contributed by atoms with Gasteiger partial charge in [0.2, 0.25) is 0 Å². The highest BCUT2D eigenvalue weighted by Gasteiger charge is 2.21. The Morgan fingerprint density at radius 3 is 2.60 bits per heavy atom. The number of carbonyl (C=O) groups is 1. The van der Waals surface area contributed by atoms with E-state index in [4.69, 9.17) is 5.73 Å². The van der Waals surface area contributed by atoms with Gasteiger partial charge < -0.3 is 16.2 Å². The first kappa shape index (κ1) is 14.8. The fraction of sp³-hybridized carbons (Fsp3) is 0.600. The first-order valence-electron chi connectivity index (χ1n) is 7.22. The average Bonchev–Trinajstić information content (AvgIpc) is 2.40. The van der Waals surface area contributed by atoms with Crippen LogP contribution in [0.4, 0.5) is 5.82 Å². The molecule has 1 aromatic heterocycles. The predicted octanol–water partition coefficient (Wildman–Crippen LogP) is 1.82. The summed E-state index contributed by atoms with van der Waals surface area (Å²) in [5, 5.41) is 12.5. The van der Waals surface area contributed by atoms with Crippen molar-refractivity contribution in [3.63, 3.8) is 0 Å². The molecule has 110 valence electrons. The molecule has 0 atom stereocenters. The number of nitrogens with one attached hydrogen (secondary N) is 1. The number of aromatic nitrogens is 1. The standard InChI is InChI=1S/C15H23N3O2/c1-9(2)13-7-10(8-14(16)18-13)15(20)17-11-3-5-12(19)6-4-11/h7-9,11-12,19H,3-6H2,1-2H3,(H2,16,18)(H,17,20). The van der Waals surface area contributed by atoms with Gasteiger partial charge in [0.15, 0.2) is 0 Å². The Labute approximate surface area is 119 Å². The lowest BCUT2D eigenvalue weighted by atomic mass is 9.93. The van der Waals surface area contributed by atoms with Gasteiger partial charge in [0.1, 0.15) is 5.82 Å². The maximum Gasteiger partial charge on any atom is 0.251 e. The number of hydrogen-bond acceptors (Lipinski definition) is 4. The molecule has 5 heteroatoms. The molecule has 1 aliphatic rings. The Bertz CT molecular complexity index is 480. The van der Waals surface area contributed by atoms with Gasteiger partial charge in [0.05, 0.1) is 6.10 Å². The molecule has 0 spiro atoms. The van der Waals surface area contributed by atoms with Gasteiger partial charge in [-0.15, -0.1) is 0 Å². The lowest BCUT2D eigenvalue weighted by molar-refractivity contribution is 0.0867. The number of aliphatic hydroxyl groups excluding tert-OH is 1. The van der Waals surface area contributed by atoms with E-state index in [0.717, 1.165) is 31.4 Å². The third-order valence-corrected chi connectivity index (χ3v) is 3.75. The zero-order valence-electron chi connectivity index (χ0n) is 12.1. The number of aliphatic hydroxyl groups is 1. The van der Waals surface area contributed by atoms with Crippen LogP contribution in [-0.4, -0.2) is 28.1 Å². The molecule has 1 aromatic rings. The molecule has 4 N–H and O–H groups in total. The fourth-order valence-corrected chi connectivity index (χ4v) is 2.49. The summed E-state index contributed by atoms with van der Waals surface area (Å²) in [6, 6.07) is 3.55. The number of pyridine rings is 1. The molecule has 1 heterocycles. The molecule has 0 aliphatic heterocycles. The van der Waals surface area contributed by atoms with E-state index >= 15 is 0 Å². The van der Waals surface area contributed by atoms with E-state index in [9.17, 15) is 9.90 Å². The molecule has 1 fully saturated rings. The summed E-state index contributed by atoms with van der Waals surface area (Å²) < 4.78 is 0. The van der Waals surface area contributed by atoms with Gasteiger partial charge in [-0.1, -0.05) is 13.8 Å². The zero-order chi connectivity index (χ0) is 14.7. The summed E-state index contributed by atoms with van der Waals surface area (Å²) in [6.07, 6.45) is 2.93. The third kappa shape index (κ3) is 3.70. The molecule has 0 saturated heterocycles. The molecular weight excluding hydrogens is 254 g/mol. The van der Waals surface area contributed by atoms with Crippen molar-refractivity contribution in [2.45, 2.75) is 57.6 Å². The molecule has 0 radical (unpaired) electrons. The summed E-state index contributed by atoms with van der Waals surface area (Å²) in [5.41, 5.74) is 7.15. The monoisotopic (exact) mass is 277 g/mol. The SMILES string of the molecule is CC(C)c1cc(C(=O)NC2CCC(O)CC2)cc(N)n1. The van der Waals surface area contributed by atoms with Gasteiger partial charge in [-0.3, -0.25) is 4.79 Å². The zero-order valence-corrected chi connectivity index (χ0v) is 12.1. The molecule has 20 heavy (non-hydrogen) atoms. The van der Waals surface area contributed by atoms with Gasteiger partial charge in [-0.25, -0.2) is 4.98 Å². The van der Waals surface area contributed by atoms with Crippen molar-refractivity contribution in [3.8, 4) is 0 Å². The van der Waals surface area contributed by atoms with Crippen molar-refractivity contribution < 1.29 is 9.90 Å². The second-order valence-corrected chi connectivity index (χ2v) is 5.84. The van der Waals surface area contributed by atoms with E-state index in [1.54, 1.807) is 12.1 Å². The molecule has 0 bridgehead atoms. The summed E-state index contributed by atoms with van der Waals surface area (Å²) in [4.78, 5) is 16.5. The molecule has 1 saturated carbocycles. The van der Waals surface area contributed by atoms with Crippen LogP contribution in [0.25, 0.3) is 0 Å². The Morgan fingerprint density at radius 1 is 1.35 bits per heavy atom. The molecular formula is C15H23N3O2. The normalized spacial score (nSPS) is 22.8. The molecule has 1 aliphatic carbocycles. The van der Waals surface area contributed by atoms with E-state index in [2.05, 4.69) is 10.3 Å². The second kappa shape index (κ2) is 6.22. The van der Waals surface area contributed by atoms with Crippen LogP contribution >= 0.6 is 0 Å². The molecule has 2 rings (SSSR count). The number of anilines is 1. The highest BCUT2D eigenvalue weighted by atomic mass is 16.3. The van der Waals surface area contributed by atoms with Crippen molar-refractivity contribution in [1.29, 1.82) is 0 Å². The number of amides is 1. The molecule has 0 unspecified atom stereocenters. The molecule has 1 amide bonds. The van der Waals surface area contributed by atoms with E-state index < -0.39 is 0 Å². The Balaban J connectivity index is 2.05. The van der Waals surface area contributed by atoms with E-state index in [-0.39, 0.29) is 24.0 Å². The Hall–Kier alpha value is -1.62. The van der Waals surface area contributed by atoms with Gasteiger partial charge in [-0.05, 0) is 43.7 Å². The number of carbonyl (C=O) groups excluding carboxylic acids is 1. The minimum absolute atomic E-state index is 0.109. The number of nitrogens with two attached hydrogens (primary N) is 1. The number of nitrogen functional groups attached to an aromatic ring is 1. The largest absolute Gasteiger partial charge is 0.393 e. The van der Waals surface area contributed by atoms with E-state index in [0.29, 0.717) is 11.4 Å². The van der Waals surface area contributed by atoms with Crippen LogP contribution < -0.4 is 11.1 Å². The van der Waals surface area contributed by atoms with Crippen LogP contribution in [-0.2, 0) is 0 Å². The summed E-state index contributed by atoms with van der Waals surface area (Å²) in [6.45, 7) is 4.04. The minimum atomic E-state index is -0.215. The van der Waals surface area contributed by atoms with Crippen LogP contribution in [0.2, 0.25) is 0 Å². The smallest absolute Gasteiger partial charge is 0.251 e. The van der Waals surface area contributed by atoms with Crippen molar-refractivity contribution in [2.24, 2.45) is 0 Å². The van der Waals surface area contributed by atoms with Crippen LogP contribution in [0.3, 0.4) is 0 Å². The van der Waals surface area contributed by atoms with Crippen molar-refractivity contribution in [1.82, 2.24) is 10.3 Å². The topological polar surface area (TPSA) is 88.2 Å². The van der Waals surface area contributed by atoms with Crippen LogP contribution in [0.5, 0.6) is 0 Å². The minimum Gasteiger partial charge on any atom is -0.393 e. The van der Waals surface area contributed by atoms with Crippen molar-refractivity contribution in [2.75, 3.05) is 5.73 Å². The van der Waals surface area contributed by atoms with Crippen molar-refractivity contribution >= 4 is 11.7 Å². The van der Waals surface area contributed by atoms with Crippen molar-refractivity contribution in [3.05, 3.63) is 23.4 Å². The van der Waals surface area contributed by atoms with Crippen LogP contribution in [0, 0.1) is 0 Å². The number of hydrogen-bond donors (Lipinski definition) is 3. The summed E-state index contributed by atoms with van der Waals surface area (Å²) in [5.74, 6) is 0.498. The Kier molecular flexibility index (Phi) is 4.60. The van der Waals surface area contributed by atoms with E-state index in [1.807, 2.05) is 13.8 Å². The highest BCUT2D eigenvalue weighted by molar-refractivity contribution is 5.95. The van der Waals surface area contributed by atoms with Gasteiger partial charge >= 0.3 is 0 Å².